The van der Waals surface area contributed by atoms with E-state index < -0.39 is 11.6 Å². The number of likely N-dealkylation sites (tertiary alicyclic amines) is 1. The van der Waals surface area contributed by atoms with E-state index in [1.807, 2.05) is 18.2 Å². The molecule has 3 aromatic rings. The van der Waals surface area contributed by atoms with Crippen LogP contribution in [0.25, 0.3) is 22.2 Å². The highest BCUT2D eigenvalue weighted by atomic mass is 19.1. The van der Waals surface area contributed by atoms with Crippen LogP contribution >= 0.6 is 0 Å². The summed E-state index contributed by atoms with van der Waals surface area (Å²) < 4.78 is 33.4. The minimum absolute atomic E-state index is 0.190. The fourth-order valence-electron chi connectivity index (χ4n) is 3.91. The van der Waals surface area contributed by atoms with Crippen LogP contribution in [-0.4, -0.2) is 42.6 Å². The molecule has 0 bridgehead atoms. The molecule has 0 amide bonds. The van der Waals surface area contributed by atoms with Crippen molar-refractivity contribution >= 4 is 24.0 Å². The number of hydrogen-bond donors (Lipinski definition) is 0. The zero-order valence-electron chi connectivity index (χ0n) is 18.0. The van der Waals surface area contributed by atoms with Gasteiger partial charge < -0.3 is 4.42 Å². The summed E-state index contributed by atoms with van der Waals surface area (Å²) in [6.45, 7) is 5.04. The number of nitrogens with zero attached hydrogens (tertiary/aromatic N) is 5. The summed E-state index contributed by atoms with van der Waals surface area (Å²) in [5.41, 5.74) is 3.17. The summed E-state index contributed by atoms with van der Waals surface area (Å²) in [7, 11) is 0. The molecule has 0 spiro atoms. The van der Waals surface area contributed by atoms with Crippen molar-refractivity contribution in [3.8, 4) is 11.1 Å². The summed E-state index contributed by atoms with van der Waals surface area (Å²) in [5.74, 6) is -0.104. The Bertz CT molecular complexity index is 1210. The lowest BCUT2D eigenvalue weighted by atomic mass is 9.97. The van der Waals surface area contributed by atoms with E-state index in [1.54, 1.807) is 12.1 Å². The fraction of sp³-hybridized carbons (Fsp3) is 0.292. The van der Waals surface area contributed by atoms with Crippen molar-refractivity contribution in [3.05, 3.63) is 70.6 Å². The molecule has 0 atom stereocenters. The van der Waals surface area contributed by atoms with E-state index in [0.29, 0.717) is 29.2 Å². The minimum Gasteiger partial charge on any atom is -0.440 e. The Morgan fingerprint density at radius 1 is 1.21 bits per heavy atom. The van der Waals surface area contributed by atoms with Gasteiger partial charge in [0.05, 0.1) is 19.1 Å². The van der Waals surface area contributed by atoms with E-state index in [4.69, 9.17) is 4.42 Å². The quantitative estimate of drug-likeness (QED) is 0.329. The highest BCUT2D eigenvalue weighted by Crippen LogP contribution is 2.32. The van der Waals surface area contributed by atoms with Gasteiger partial charge in [-0.1, -0.05) is 23.4 Å². The average Bonchev–Trinajstić information content (AvgIpc) is 3.24. The molecule has 1 aliphatic heterocycles. The number of rotatable bonds is 8. The fourth-order valence-corrected chi connectivity index (χ4v) is 3.91. The molecule has 0 unspecified atom stereocenters. The van der Waals surface area contributed by atoms with Crippen LogP contribution in [0.5, 0.6) is 0 Å². The number of piperidine rings is 1. The first kappa shape index (κ1) is 22.6. The Balaban J connectivity index is 1.42. The van der Waals surface area contributed by atoms with Gasteiger partial charge in [-0.2, -0.15) is 4.91 Å². The van der Waals surface area contributed by atoms with Gasteiger partial charge in [0.1, 0.15) is 17.9 Å². The van der Waals surface area contributed by atoms with Crippen LogP contribution in [0.1, 0.15) is 30.2 Å². The lowest BCUT2D eigenvalue weighted by molar-refractivity contribution is 0.207. The lowest BCUT2D eigenvalue weighted by Crippen LogP contribution is -2.33. The predicted octanol–water partition coefficient (Wildman–Crippen LogP) is 5.62. The van der Waals surface area contributed by atoms with Crippen LogP contribution < -0.4 is 0 Å². The summed E-state index contributed by atoms with van der Waals surface area (Å²) in [5, 5.41) is 2.75. The van der Waals surface area contributed by atoms with Crippen molar-refractivity contribution in [1.82, 2.24) is 9.88 Å². The van der Waals surface area contributed by atoms with E-state index in [9.17, 15) is 13.7 Å². The van der Waals surface area contributed by atoms with Gasteiger partial charge in [0.25, 0.3) is 0 Å². The number of allylic oxidation sites excluding steroid dienone is 1. The van der Waals surface area contributed by atoms with Crippen LogP contribution in [0, 0.1) is 10.7 Å². The Morgan fingerprint density at radius 3 is 2.70 bits per heavy atom. The molecule has 0 aliphatic carbocycles. The van der Waals surface area contributed by atoms with Gasteiger partial charge in [-0.25, -0.2) is 13.8 Å². The van der Waals surface area contributed by atoms with Crippen molar-refractivity contribution < 1.29 is 13.2 Å². The number of halogens is 2. The van der Waals surface area contributed by atoms with Crippen molar-refractivity contribution in [3.63, 3.8) is 0 Å². The van der Waals surface area contributed by atoms with Gasteiger partial charge in [0, 0.05) is 24.6 Å². The highest BCUT2D eigenvalue weighted by Gasteiger charge is 2.24. The van der Waals surface area contributed by atoms with Crippen molar-refractivity contribution in [2.24, 2.45) is 15.2 Å². The molecular weight excluding hydrogens is 428 g/mol. The third kappa shape index (κ3) is 5.43. The molecule has 0 radical (unpaired) electrons. The molecule has 1 aromatic heterocycles. The molecule has 0 saturated carbocycles. The van der Waals surface area contributed by atoms with Crippen LogP contribution in [0.4, 0.5) is 8.78 Å². The van der Waals surface area contributed by atoms with Crippen LogP contribution in [-0.2, 0) is 6.54 Å². The highest BCUT2D eigenvalue weighted by molar-refractivity contribution is 5.80. The maximum atomic E-state index is 14.2. The second kappa shape index (κ2) is 10.4. The monoisotopic (exact) mass is 451 g/mol. The molecule has 1 aliphatic rings. The van der Waals surface area contributed by atoms with Gasteiger partial charge in [-0.15, -0.1) is 0 Å². The topological polar surface area (TPSA) is 83.4 Å². The summed E-state index contributed by atoms with van der Waals surface area (Å²) in [6, 6.07) is 10.3. The number of hydrogen-bond acceptors (Lipinski definition) is 7. The molecule has 170 valence electrons. The van der Waals surface area contributed by atoms with Gasteiger partial charge in [0.2, 0.25) is 0 Å². The molecule has 2 aromatic carbocycles. The van der Waals surface area contributed by atoms with Crippen LogP contribution in [0.2, 0.25) is 0 Å². The number of fused-ring (bicyclic) bond motifs is 1. The Kier molecular flexibility index (Phi) is 7.09. The van der Waals surface area contributed by atoms with E-state index in [2.05, 4.69) is 31.8 Å². The molecule has 4 rings (SSSR count). The lowest BCUT2D eigenvalue weighted by Gasteiger charge is -2.28. The molecule has 1 fully saturated rings. The maximum Gasteiger partial charge on any atom is 0.198 e. The molecule has 9 heteroatoms. The number of nitroso groups, excluding NO2 is 1. The SMILES string of the molecule is C=N/C=C(F)\C=N/CN1CCC(c2nc3cc(-c4ccc(CN=O)c(F)c4)ccc3o2)CC1. The van der Waals surface area contributed by atoms with E-state index in [0.717, 1.165) is 43.9 Å². The molecule has 33 heavy (non-hydrogen) atoms. The van der Waals surface area contributed by atoms with E-state index >= 15 is 0 Å². The first-order chi connectivity index (χ1) is 16.1. The third-order valence-corrected chi connectivity index (χ3v) is 5.67. The number of aliphatic imine (C=N–C) groups is 2. The zero-order valence-corrected chi connectivity index (χ0v) is 18.0. The maximum absolute atomic E-state index is 14.2. The third-order valence-electron chi connectivity index (χ3n) is 5.67. The Labute approximate surface area is 189 Å². The van der Waals surface area contributed by atoms with Crippen molar-refractivity contribution in [2.75, 3.05) is 19.8 Å². The second-order valence-corrected chi connectivity index (χ2v) is 7.87. The van der Waals surface area contributed by atoms with Gasteiger partial charge >= 0.3 is 0 Å². The van der Waals surface area contributed by atoms with E-state index in [-0.39, 0.29) is 18.0 Å². The Morgan fingerprint density at radius 2 is 1.97 bits per heavy atom. The number of oxazole rings is 1. The van der Waals surface area contributed by atoms with Crippen molar-refractivity contribution in [1.29, 1.82) is 0 Å². The Hall–Kier alpha value is -3.59. The molecule has 1 saturated heterocycles. The minimum atomic E-state index is -0.526. The molecule has 0 N–H and O–H groups in total. The number of aromatic nitrogens is 1. The largest absolute Gasteiger partial charge is 0.440 e. The predicted molar refractivity (Wildman–Crippen MR) is 125 cm³/mol. The summed E-state index contributed by atoms with van der Waals surface area (Å²) >= 11 is 0. The first-order valence-corrected chi connectivity index (χ1v) is 10.6. The van der Waals surface area contributed by atoms with Crippen molar-refractivity contribution in [2.45, 2.75) is 25.3 Å². The van der Waals surface area contributed by atoms with Crippen LogP contribution in [0.3, 0.4) is 0 Å². The summed E-state index contributed by atoms with van der Waals surface area (Å²) in [4.78, 5) is 24.7. The van der Waals surface area contributed by atoms with Gasteiger partial charge in [-0.3, -0.25) is 14.9 Å². The standard InChI is InChI=1S/C24H23F2N5O2/c1-27-13-20(25)14-28-15-31-8-6-16(7-9-31)24-30-22-11-18(4-5-23(22)33-24)17-2-3-19(12-29-32)21(26)10-17/h2-5,10-11,13-14,16H,1,6-9,12,15H2/b20-13+,28-14-. The average molecular weight is 451 g/mol. The second-order valence-electron chi connectivity index (χ2n) is 7.87. The zero-order chi connectivity index (χ0) is 23.2. The summed E-state index contributed by atoms with van der Waals surface area (Å²) in [6.07, 6.45) is 3.89. The van der Waals surface area contributed by atoms with Gasteiger partial charge in [0.15, 0.2) is 17.3 Å². The van der Waals surface area contributed by atoms with E-state index in [1.165, 1.54) is 6.07 Å². The normalized spacial score (nSPS) is 16.0. The smallest absolute Gasteiger partial charge is 0.198 e. The van der Waals surface area contributed by atoms with Gasteiger partial charge in [-0.05, 0) is 48.9 Å². The van der Waals surface area contributed by atoms with Crippen LogP contribution in [0.15, 0.2) is 68.0 Å². The number of benzene rings is 2. The molecule has 7 nitrogen and oxygen atoms in total. The first-order valence-electron chi connectivity index (χ1n) is 10.6. The molecular formula is C24H23F2N5O2. The molecule has 2 heterocycles.